The number of aryl methyl sites for hydroxylation is 1. The van der Waals surface area contributed by atoms with E-state index in [1.54, 1.807) is 6.07 Å². The first kappa shape index (κ1) is 24.2. The Balaban J connectivity index is 1.65. The third-order valence-electron chi connectivity index (χ3n) is 6.67. The van der Waals surface area contributed by atoms with Crippen molar-refractivity contribution in [3.63, 3.8) is 0 Å². The average molecular weight is 473 g/mol. The molecule has 182 valence electrons. The number of alkyl halides is 3. The maximum Gasteiger partial charge on any atom is 0.416 e. The van der Waals surface area contributed by atoms with Gasteiger partial charge in [-0.25, -0.2) is 15.0 Å². The average Bonchev–Trinajstić information content (AvgIpc) is 2.78. The van der Waals surface area contributed by atoms with Crippen molar-refractivity contribution in [1.29, 1.82) is 0 Å². The molecule has 0 bridgehead atoms. The first-order chi connectivity index (χ1) is 16.1. The molecule has 1 aliphatic rings. The van der Waals surface area contributed by atoms with Crippen LogP contribution in [0.1, 0.15) is 49.2 Å². The molecule has 1 aliphatic heterocycles. The Hall–Kier alpha value is -2.94. The molecule has 4 rings (SSSR count). The minimum absolute atomic E-state index is 0.214. The van der Waals surface area contributed by atoms with Gasteiger partial charge in [0.2, 0.25) is 0 Å². The van der Waals surface area contributed by atoms with Gasteiger partial charge in [-0.15, -0.1) is 0 Å². The number of anilines is 2. The maximum atomic E-state index is 13.4. The molecule has 1 aromatic carbocycles. The molecule has 3 aromatic rings. The summed E-state index contributed by atoms with van der Waals surface area (Å²) in [5, 5.41) is 4.06. The first-order valence-electron chi connectivity index (χ1n) is 11.6. The van der Waals surface area contributed by atoms with Crippen molar-refractivity contribution in [2.75, 3.05) is 36.4 Å². The van der Waals surface area contributed by atoms with Crippen LogP contribution in [-0.4, -0.2) is 52.1 Å². The molecule has 2 aromatic heterocycles. The Labute approximate surface area is 198 Å². The molecule has 6 nitrogen and oxygen atoms in total. The Bertz CT molecular complexity index is 1170. The van der Waals surface area contributed by atoms with E-state index in [4.69, 9.17) is 4.98 Å². The standard InChI is InChI=1S/C25H31F3N6/c1-15(2)33-9-11-34(12-10-33)22-13-20-23(29-14-30-24(20)32-18(22)5)31-17(4)19-7-6-8-21(16(19)3)25(26,27)28/h6-8,13-15,17H,9-12H2,1-5H3,(H,29,30,31,32)/t17-/m1/s1. The van der Waals surface area contributed by atoms with Crippen LogP contribution in [0.4, 0.5) is 24.7 Å². The van der Waals surface area contributed by atoms with E-state index in [-0.39, 0.29) is 11.6 Å². The molecule has 0 spiro atoms. The maximum absolute atomic E-state index is 13.4. The van der Waals surface area contributed by atoms with Crippen molar-refractivity contribution in [3.05, 3.63) is 53.0 Å². The fourth-order valence-electron chi connectivity index (χ4n) is 4.69. The van der Waals surface area contributed by atoms with Gasteiger partial charge in [0.25, 0.3) is 0 Å². The summed E-state index contributed by atoms with van der Waals surface area (Å²) in [6.45, 7) is 13.5. The Morgan fingerprint density at radius 3 is 2.35 bits per heavy atom. The third kappa shape index (κ3) is 4.80. The normalized spacial score (nSPS) is 16.3. The van der Waals surface area contributed by atoms with Gasteiger partial charge in [-0.3, -0.25) is 4.90 Å². The van der Waals surface area contributed by atoms with Gasteiger partial charge in [0.1, 0.15) is 12.1 Å². The highest BCUT2D eigenvalue weighted by Crippen LogP contribution is 2.36. The summed E-state index contributed by atoms with van der Waals surface area (Å²) >= 11 is 0. The molecule has 0 amide bonds. The number of piperazine rings is 1. The second kappa shape index (κ2) is 9.37. The van der Waals surface area contributed by atoms with E-state index >= 15 is 0 Å². The number of benzene rings is 1. The van der Waals surface area contributed by atoms with Crippen molar-refractivity contribution in [3.8, 4) is 0 Å². The minimum Gasteiger partial charge on any atom is -0.367 e. The summed E-state index contributed by atoms with van der Waals surface area (Å²) in [5.41, 5.74) is 2.67. The summed E-state index contributed by atoms with van der Waals surface area (Å²) in [4.78, 5) is 18.2. The Kier molecular flexibility index (Phi) is 6.66. The fourth-order valence-corrected chi connectivity index (χ4v) is 4.69. The number of halogens is 3. The van der Waals surface area contributed by atoms with Crippen molar-refractivity contribution >= 4 is 22.5 Å². The lowest BCUT2D eigenvalue weighted by molar-refractivity contribution is -0.138. The summed E-state index contributed by atoms with van der Waals surface area (Å²) in [5.74, 6) is 0.559. The molecule has 34 heavy (non-hydrogen) atoms. The molecule has 1 N–H and O–H groups in total. The highest BCUT2D eigenvalue weighted by atomic mass is 19.4. The van der Waals surface area contributed by atoms with E-state index in [0.717, 1.165) is 49.0 Å². The lowest BCUT2D eigenvalue weighted by Crippen LogP contribution is -2.49. The van der Waals surface area contributed by atoms with E-state index in [0.29, 0.717) is 23.1 Å². The number of pyridine rings is 1. The summed E-state index contributed by atoms with van der Waals surface area (Å²) in [6, 6.07) is 6.46. The smallest absolute Gasteiger partial charge is 0.367 e. The van der Waals surface area contributed by atoms with Crippen LogP contribution >= 0.6 is 0 Å². The van der Waals surface area contributed by atoms with E-state index in [9.17, 15) is 13.2 Å². The number of rotatable bonds is 5. The molecule has 3 heterocycles. The van der Waals surface area contributed by atoms with Crippen molar-refractivity contribution in [2.24, 2.45) is 0 Å². The van der Waals surface area contributed by atoms with Gasteiger partial charge in [-0.1, -0.05) is 12.1 Å². The summed E-state index contributed by atoms with van der Waals surface area (Å²) in [6.07, 6.45) is -2.96. The molecule has 0 aliphatic carbocycles. The van der Waals surface area contributed by atoms with Crippen LogP contribution in [0.15, 0.2) is 30.6 Å². The molecule has 0 saturated carbocycles. The zero-order chi connectivity index (χ0) is 24.6. The van der Waals surface area contributed by atoms with Gasteiger partial charge in [0, 0.05) is 32.2 Å². The van der Waals surface area contributed by atoms with Crippen LogP contribution in [-0.2, 0) is 6.18 Å². The monoisotopic (exact) mass is 472 g/mol. The quantitative estimate of drug-likeness (QED) is 0.539. The molecule has 1 fully saturated rings. The molecule has 1 saturated heterocycles. The zero-order valence-electron chi connectivity index (χ0n) is 20.2. The highest BCUT2D eigenvalue weighted by molar-refractivity contribution is 5.89. The summed E-state index contributed by atoms with van der Waals surface area (Å²) in [7, 11) is 0. The minimum atomic E-state index is -4.39. The van der Waals surface area contributed by atoms with Gasteiger partial charge in [-0.2, -0.15) is 13.2 Å². The predicted octanol–water partition coefficient (Wildman–Crippen LogP) is 5.36. The van der Waals surface area contributed by atoms with Gasteiger partial charge >= 0.3 is 6.18 Å². The lowest BCUT2D eigenvalue weighted by atomic mass is 9.97. The van der Waals surface area contributed by atoms with E-state index in [1.165, 1.54) is 19.3 Å². The molecule has 0 radical (unpaired) electrons. The molecule has 0 unspecified atom stereocenters. The molecule has 9 heteroatoms. The number of nitrogens with zero attached hydrogens (tertiary/aromatic N) is 5. The van der Waals surface area contributed by atoms with Crippen LogP contribution in [0.2, 0.25) is 0 Å². The first-order valence-corrected chi connectivity index (χ1v) is 11.6. The van der Waals surface area contributed by atoms with Gasteiger partial charge < -0.3 is 10.2 Å². The van der Waals surface area contributed by atoms with E-state index in [2.05, 4.69) is 45.0 Å². The van der Waals surface area contributed by atoms with Gasteiger partial charge in [-0.05, 0) is 57.9 Å². The van der Waals surface area contributed by atoms with Gasteiger partial charge in [0.05, 0.1) is 28.4 Å². The van der Waals surface area contributed by atoms with Crippen molar-refractivity contribution < 1.29 is 13.2 Å². The SMILES string of the molecule is Cc1nc2ncnc(N[C@H](C)c3cccc(C(F)(F)F)c3C)c2cc1N1CCN(C(C)C)CC1. The Morgan fingerprint density at radius 1 is 1.00 bits per heavy atom. The fraction of sp³-hybridized carbons (Fsp3) is 0.480. The van der Waals surface area contributed by atoms with E-state index in [1.807, 2.05) is 13.8 Å². The zero-order valence-corrected chi connectivity index (χ0v) is 20.2. The number of nitrogens with one attached hydrogen (secondary N) is 1. The number of fused-ring (bicyclic) bond motifs is 1. The third-order valence-corrected chi connectivity index (χ3v) is 6.67. The van der Waals surface area contributed by atoms with Crippen LogP contribution in [0.3, 0.4) is 0 Å². The van der Waals surface area contributed by atoms with Crippen LogP contribution in [0, 0.1) is 13.8 Å². The summed E-state index contributed by atoms with van der Waals surface area (Å²) < 4.78 is 40.2. The molecular weight excluding hydrogens is 441 g/mol. The largest absolute Gasteiger partial charge is 0.416 e. The van der Waals surface area contributed by atoms with Crippen molar-refractivity contribution in [1.82, 2.24) is 19.9 Å². The topological polar surface area (TPSA) is 57.2 Å². The second-order valence-electron chi connectivity index (χ2n) is 9.19. The van der Waals surface area contributed by atoms with Crippen LogP contribution in [0.25, 0.3) is 11.0 Å². The van der Waals surface area contributed by atoms with Crippen LogP contribution in [0.5, 0.6) is 0 Å². The number of aromatic nitrogens is 3. The molecular formula is C25H31F3N6. The number of hydrogen-bond acceptors (Lipinski definition) is 6. The lowest BCUT2D eigenvalue weighted by Gasteiger charge is -2.38. The van der Waals surface area contributed by atoms with E-state index < -0.39 is 11.7 Å². The van der Waals surface area contributed by atoms with Crippen molar-refractivity contribution in [2.45, 2.75) is 52.9 Å². The Morgan fingerprint density at radius 2 is 1.71 bits per heavy atom. The van der Waals surface area contributed by atoms with Gasteiger partial charge in [0.15, 0.2) is 5.65 Å². The second-order valence-corrected chi connectivity index (χ2v) is 9.19. The predicted molar refractivity (Wildman–Crippen MR) is 129 cm³/mol. The highest BCUT2D eigenvalue weighted by Gasteiger charge is 2.33. The van der Waals surface area contributed by atoms with Crippen LogP contribution < -0.4 is 10.2 Å². The molecule has 1 atom stereocenters. The number of hydrogen-bond donors (Lipinski definition) is 1.